The predicted molar refractivity (Wildman–Crippen MR) is 103 cm³/mol. The van der Waals surface area contributed by atoms with Gasteiger partial charge >= 0.3 is 6.03 Å². The van der Waals surface area contributed by atoms with Gasteiger partial charge in [-0.3, -0.25) is 10.2 Å². The SMILES string of the molecule is O=C(Nc1ccc(N2CCN(Cc3ccccc3)CC2)cn1)NC1CC1. The molecule has 2 heterocycles. The van der Waals surface area contributed by atoms with Crippen molar-refractivity contribution in [3.8, 4) is 0 Å². The Morgan fingerprint density at radius 3 is 2.46 bits per heavy atom. The monoisotopic (exact) mass is 351 g/mol. The minimum Gasteiger partial charge on any atom is -0.368 e. The van der Waals surface area contributed by atoms with Crippen molar-refractivity contribution in [1.29, 1.82) is 0 Å². The topological polar surface area (TPSA) is 60.5 Å². The number of rotatable bonds is 5. The zero-order valence-corrected chi connectivity index (χ0v) is 14.9. The van der Waals surface area contributed by atoms with Gasteiger partial charge in [-0.1, -0.05) is 30.3 Å². The fourth-order valence-corrected chi connectivity index (χ4v) is 3.22. The Labute approximate surface area is 154 Å². The third-order valence-corrected chi connectivity index (χ3v) is 4.89. The van der Waals surface area contributed by atoms with Gasteiger partial charge in [-0.25, -0.2) is 9.78 Å². The van der Waals surface area contributed by atoms with Gasteiger partial charge in [-0.05, 0) is 30.5 Å². The number of anilines is 2. The van der Waals surface area contributed by atoms with Crippen LogP contribution in [0.4, 0.5) is 16.3 Å². The zero-order valence-electron chi connectivity index (χ0n) is 14.9. The number of hydrogen-bond donors (Lipinski definition) is 2. The van der Waals surface area contributed by atoms with Crippen molar-refractivity contribution < 1.29 is 4.79 Å². The largest absolute Gasteiger partial charge is 0.368 e. The number of carbonyl (C=O) groups is 1. The second-order valence-electron chi connectivity index (χ2n) is 7.02. The Hall–Kier alpha value is -2.60. The van der Waals surface area contributed by atoms with Crippen molar-refractivity contribution in [2.24, 2.45) is 0 Å². The van der Waals surface area contributed by atoms with Crippen molar-refractivity contribution >= 4 is 17.5 Å². The normalized spacial score (nSPS) is 17.8. The summed E-state index contributed by atoms with van der Waals surface area (Å²) in [6.07, 6.45) is 4.01. The number of carbonyl (C=O) groups excluding carboxylic acids is 1. The first-order chi connectivity index (χ1) is 12.8. The summed E-state index contributed by atoms with van der Waals surface area (Å²) >= 11 is 0. The number of pyridine rings is 1. The van der Waals surface area contributed by atoms with Crippen LogP contribution in [0.2, 0.25) is 0 Å². The molecule has 1 aliphatic carbocycles. The Morgan fingerprint density at radius 1 is 1.04 bits per heavy atom. The van der Waals surface area contributed by atoms with Crippen LogP contribution >= 0.6 is 0 Å². The van der Waals surface area contributed by atoms with Crippen LogP contribution < -0.4 is 15.5 Å². The number of nitrogens with zero attached hydrogens (tertiary/aromatic N) is 3. The first kappa shape index (κ1) is 16.8. The van der Waals surface area contributed by atoms with Crippen LogP contribution in [0.1, 0.15) is 18.4 Å². The van der Waals surface area contributed by atoms with E-state index in [4.69, 9.17) is 0 Å². The minimum absolute atomic E-state index is 0.165. The van der Waals surface area contributed by atoms with Gasteiger partial charge in [0.1, 0.15) is 5.82 Å². The Morgan fingerprint density at radius 2 is 1.81 bits per heavy atom. The maximum atomic E-state index is 11.8. The van der Waals surface area contributed by atoms with Crippen LogP contribution in [0.5, 0.6) is 0 Å². The Bertz CT molecular complexity index is 722. The molecular formula is C20H25N5O. The second-order valence-corrected chi connectivity index (χ2v) is 7.02. The molecule has 1 aromatic heterocycles. The van der Waals surface area contributed by atoms with Crippen LogP contribution in [-0.4, -0.2) is 48.1 Å². The van der Waals surface area contributed by atoms with E-state index in [1.807, 2.05) is 18.3 Å². The predicted octanol–water partition coefficient (Wildman–Crippen LogP) is 2.69. The molecule has 1 saturated carbocycles. The number of piperazine rings is 1. The van der Waals surface area contributed by atoms with E-state index >= 15 is 0 Å². The van der Waals surface area contributed by atoms with E-state index in [-0.39, 0.29) is 6.03 Å². The highest BCUT2D eigenvalue weighted by Crippen LogP contribution is 2.20. The van der Waals surface area contributed by atoms with Gasteiger partial charge in [0.2, 0.25) is 0 Å². The van der Waals surface area contributed by atoms with Crippen molar-refractivity contribution in [3.05, 3.63) is 54.2 Å². The summed E-state index contributed by atoms with van der Waals surface area (Å²) in [5.41, 5.74) is 2.47. The summed E-state index contributed by atoms with van der Waals surface area (Å²) in [6, 6.07) is 14.7. The molecule has 26 heavy (non-hydrogen) atoms. The fourth-order valence-electron chi connectivity index (χ4n) is 3.22. The van der Waals surface area contributed by atoms with Crippen molar-refractivity contribution in [2.45, 2.75) is 25.4 Å². The van der Waals surface area contributed by atoms with Crippen molar-refractivity contribution in [3.63, 3.8) is 0 Å². The molecular weight excluding hydrogens is 326 g/mol. The molecule has 6 nitrogen and oxygen atoms in total. The molecule has 2 fully saturated rings. The van der Waals surface area contributed by atoms with Crippen LogP contribution in [0.3, 0.4) is 0 Å². The number of hydrogen-bond acceptors (Lipinski definition) is 4. The lowest BCUT2D eigenvalue weighted by Crippen LogP contribution is -2.46. The fraction of sp³-hybridized carbons (Fsp3) is 0.400. The molecule has 1 saturated heterocycles. The smallest absolute Gasteiger partial charge is 0.320 e. The minimum atomic E-state index is -0.165. The van der Waals surface area contributed by atoms with Crippen molar-refractivity contribution in [2.75, 3.05) is 36.4 Å². The molecule has 2 N–H and O–H groups in total. The molecule has 2 amide bonds. The number of nitrogens with one attached hydrogen (secondary N) is 2. The van der Waals surface area contributed by atoms with Crippen LogP contribution in [0.25, 0.3) is 0 Å². The highest BCUT2D eigenvalue weighted by molar-refractivity contribution is 5.88. The second kappa shape index (κ2) is 7.74. The van der Waals surface area contributed by atoms with Gasteiger partial charge in [0.05, 0.1) is 11.9 Å². The van der Waals surface area contributed by atoms with E-state index in [1.54, 1.807) is 0 Å². The molecule has 6 heteroatoms. The number of aromatic nitrogens is 1. The average Bonchev–Trinajstić information content (AvgIpc) is 3.48. The molecule has 4 rings (SSSR count). The molecule has 0 radical (unpaired) electrons. The average molecular weight is 351 g/mol. The molecule has 0 spiro atoms. The first-order valence-corrected chi connectivity index (χ1v) is 9.31. The van der Waals surface area contributed by atoms with E-state index in [9.17, 15) is 4.79 Å². The van der Waals surface area contributed by atoms with Crippen LogP contribution in [-0.2, 0) is 6.54 Å². The maximum Gasteiger partial charge on any atom is 0.320 e. The van der Waals surface area contributed by atoms with Gasteiger partial charge in [0.15, 0.2) is 0 Å². The molecule has 2 aromatic rings. The lowest BCUT2D eigenvalue weighted by Gasteiger charge is -2.36. The summed E-state index contributed by atoms with van der Waals surface area (Å²) in [5, 5.41) is 5.69. The molecule has 0 atom stereocenters. The molecule has 0 unspecified atom stereocenters. The summed E-state index contributed by atoms with van der Waals surface area (Å²) < 4.78 is 0. The van der Waals surface area contributed by atoms with Gasteiger partial charge in [0, 0.05) is 38.8 Å². The third kappa shape index (κ3) is 4.52. The lowest BCUT2D eigenvalue weighted by atomic mass is 10.2. The number of benzene rings is 1. The Balaban J connectivity index is 1.26. The number of urea groups is 1. The molecule has 1 aliphatic heterocycles. The standard InChI is InChI=1S/C20H25N5O/c26-20(22-17-6-7-17)23-19-9-8-18(14-21-19)25-12-10-24(11-13-25)15-16-4-2-1-3-5-16/h1-5,8-9,14,17H,6-7,10-13,15H2,(H2,21,22,23,26). The van der Waals surface area contributed by atoms with E-state index in [0.29, 0.717) is 11.9 Å². The summed E-state index contributed by atoms with van der Waals surface area (Å²) in [7, 11) is 0. The Kier molecular flexibility index (Phi) is 5.02. The van der Waals surface area contributed by atoms with Crippen LogP contribution in [0, 0.1) is 0 Å². The first-order valence-electron chi connectivity index (χ1n) is 9.31. The van der Waals surface area contributed by atoms with Crippen LogP contribution in [0.15, 0.2) is 48.7 Å². The quantitative estimate of drug-likeness (QED) is 0.869. The van der Waals surface area contributed by atoms with Gasteiger partial charge in [0.25, 0.3) is 0 Å². The third-order valence-electron chi connectivity index (χ3n) is 4.89. The zero-order chi connectivity index (χ0) is 17.8. The highest BCUT2D eigenvalue weighted by Gasteiger charge is 2.23. The van der Waals surface area contributed by atoms with E-state index < -0.39 is 0 Å². The summed E-state index contributed by atoms with van der Waals surface area (Å²) in [4.78, 5) is 21.0. The molecule has 136 valence electrons. The summed E-state index contributed by atoms with van der Waals surface area (Å²) in [6.45, 7) is 5.07. The van der Waals surface area contributed by atoms with Gasteiger partial charge in [-0.15, -0.1) is 0 Å². The number of amides is 2. The maximum absolute atomic E-state index is 11.8. The van der Waals surface area contributed by atoms with E-state index in [2.05, 4.69) is 55.7 Å². The summed E-state index contributed by atoms with van der Waals surface area (Å²) in [5.74, 6) is 0.592. The lowest BCUT2D eigenvalue weighted by molar-refractivity contribution is 0.250. The van der Waals surface area contributed by atoms with E-state index in [0.717, 1.165) is 51.3 Å². The van der Waals surface area contributed by atoms with Crippen molar-refractivity contribution in [1.82, 2.24) is 15.2 Å². The molecule has 1 aromatic carbocycles. The molecule has 2 aliphatic rings. The molecule has 0 bridgehead atoms. The van der Waals surface area contributed by atoms with Gasteiger partial charge < -0.3 is 10.2 Å². The highest BCUT2D eigenvalue weighted by atomic mass is 16.2. The van der Waals surface area contributed by atoms with Gasteiger partial charge in [-0.2, -0.15) is 0 Å². The van der Waals surface area contributed by atoms with E-state index in [1.165, 1.54) is 5.56 Å².